The van der Waals surface area contributed by atoms with Crippen molar-refractivity contribution < 1.29 is 4.74 Å². The van der Waals surface area contributed by atoms with Gasteiger partial charge in [0.25, 0.3) is 0 Å². The Labute approximate surface area is 108 Å². The lowest BCUT2D eigenvalue weighted by Crippen LogP contribution is -2.05. The summed E-state index contributed by atoms with van der Waals surface area (Å²) in [6.07, 6.45) is 4.66. The van der Waals surface area contributed by atoms with E-state index in [1.165, 1.54) is 5.56 Å². The third kappa shape index (κ3) is 3.77. The lowest BCUT2D eigenvalue weighted by atomic mass is 10.2. The van der Waals surface area contributed by atoms with Gasteiger partial charge in [-0.15, -0.1) is 0 Å². The molecule has 0 saturated heterocycles. The second kappa shape index (κ2) is 6.64. The van der Waals surface area contributed by atoms with Crippen LogP contribution < -0.4 is 10.1 Å². The van der Waals surface area contributed by atoms with Gasteiger partial charge in [0, 0.05) is 30.7 Å². The van der Waals surface area contributed by atoms with Crippen LogP contribution in [0.4, 0.5) is 5.69 Å². The minimum Gasteiger partial charge on any atom is -0.494 e. The Morgan fingerprint density at radius 1 is 1.22 bits per heavy atom. The van der Waals surface area contributed by atoms with Crippen LogP contribution in [0.25, 0.3) is 0 Å². The summed E-state index contributed by atoms with van der Waals surface area (Å²) in [6.45, 7) is 3.57. The third-order valence-electron chi connectivity index (χ3n) is 2.61. The van der Waals surface area contributed by atoms with E-state index in [4.69, 9.17) is 4.74 Å². The van der Waals surface area contributed by atoms with Crippen LogP contribution in [0.15, 0.2) is 48.8 Å². The van der Waals surface area contributed by atoms with Crippen LogP contribution in [0.3, 0.4) is 0 Å². The molecule has 0 spiro atoms. The molecule has 2 rings (SSSR count). The van der Waals surface area contributed by atoms with E-state index >= 15 is 0 Å². The molecule has 1 heterocycles. The number of benzene rings is 1. The Kier molecular flexibility index (Phi) is 4.59. The number of hydrogen-bond acceptors (Lipinski definition) is 3. The molecular formula is C15H18N2O. The first kappa shape index (κ1) is 12.4. The standard InChI is InChI=1S/C15H18N2O/c1-2-18-15-7-3-6-14(11-15)17-10-8-13-5-4-9-16-12-13/h3-7,9,11-12,17H,2,8,10H2,1H3. The molecule has 1 aromatic heterocycles. The van der Waals surface area contributed by atoms with Crippen molar-refractivity contribution in [1.82, 2.24) is 4.98 Å². The minimum absolute atomic E-state index is 0.694. The second-order valence-electron chi connectivity index (χ2n) is 4.00. The molecule has 2 aromatic rings. The number of ether oxygens (including phenoxy) is 1. The summed E-state index contributed by atoms with van der Waals surface area (Å²) in [7, 11) is 0. The van der Waals surface area contributed by atoms with Crippen LogP contribution in [0.5, 0.6) is 5.75 Å². The van der Waals surface area contributed by atoms with Gasteiger partial charge >= 0.3 is 0 Å². The van der Waals surface area contributed by atoms with Gasteiger partial charge in [-0.2, -0.15) is 0 Å². The van der Waals surface area contributed by atoms with Crippen LogP contribution in [0.1, 0.15) is 12.5 Å². The first-order chi connectivity index (χ1) is 8.88. The molecule has 1 N–H and O–H groups in total. The van der Waals surface area contributed by atoms with E-state index < -0.39 is 0 Å². The fraction of sp³-hybridized carbons (Fsp3) is 0.267. The average Bonchev–Trinajstić information content (AvgIpc) is 2.41. The number of nitrogens with zero attached hydrogens (tertiary/aromatic N) is 1. The molecule has 0 unspecified atom stereocenters. The highest BCUT2D eigenvalue weighted by molar-refractivity contribution is 5.48. The van der Waals surface area contributed by atoms with E-state index in [-0.39, 0.29) is 0 Å². The molecule has 0 radical (unpaired) electrons. The molecule has 0 atom stereocenters. The second-order valence-corrected chi connectivity index (χ2v) is 4.00. The predicted octanol–water partition coefficient (Wildman–Crippen LogP) is 3.13. The van der Waals surface area contributed by atoms with Gasteiger partial charge in [-0.05, 0) is 37.1 Å². The highest BCUT2D eigenvalue weighted by atomic mass is 16.5. The maximum Gasteiger partial charge on any atom is 0.121 e. The molecule has 0 saturated carbocycles. The summed E-state index contributed by atoms with van der Waals surface area (Å²) in [4.78, 5) is 4.10. The molecule has 0 aliphatic rings. The highest BCUT2D eigenvalue weighted by Crippen LogP contribution is 2.17. The summed E-state index contributed by atoms with van der Waals surface area (Å²) in [5.74, 6) is 0.906. The smallest absolute Gasteiger partial charge is 0.121 e. The Balaban J connectivity index is 1.84. The lowest BCUT2D eigenvalue weighted by molar-refractivity contribution is 0.340. The molecule has 94 valence electrons. The van der Waals surface area contributed by atoms with Crippen LogP contribution in [-0.2, 0) is 6.42 Å². The number of anilines is 1. The summed E-state index contributed by atoms with van der Waals surface area (Å²) in [5.41, 5.74) is 2.33. The van der Waals surface area contributed by atoms with E-state index in [1.54, 1.807) is 6.20 Å². The third-order valence-corrected chi connectivity index (χ3v) is 2.61. The van der Waals surface area contributed by atoms with E-state index in [1.807, 2.05) is 43.5 Å². The quantitative estimate of drug-likeness (QED) is 0.845. The largest absolute Gasteiger partial charge is 0.494 e. The van der Waals surface area contributed by atoms with Gasteiger partial charge in [-0.3, -0.25) is 4.98 Å². The number of aromatic nitrogens is 1. The minimum atomic E-state index is 0.694. The van der Waals surface area contributed by atoms with Crippen molar-refractivity contribution >= 4 is 5.69 Å². The zero-order chi connectivity index (χ0) is 12.6. The SMILES string of the molecule is CCOc1cccc(NCCc2cccnc2)c1. The fourth-order valence-electron chi connectivity index (χ4n) is 1.76. The molecule has 3 heteroatoms. The van der Waals surface area contributed by atoms with Gasteiger partial charge < -0.3 is 10.1 Å². The van der Waals surface area contributed by atoms with Crippen molar-refractivity contribution in [2.45, 2.75) is 13.3 Å². The zero-order valence-corrected chi connectivity index (χ0v) is 10.6. The van der Waals surface area contributed by atoms with Crippen molar-refractivity contribution in [3.8, 4) is 5.75 Å². The molecule has 0 bridgehead atoms. The van der Waals surface area contributed by atoms with Crippen molar-refractivity contribution in [3.05, 3.63) is 54.4 Å². The molecule has 1 aromatic carbocycles. The summed E-state index contributed by atoms with van der Waals surface area (Å²) < 4.78 is 5.46. The van der Waals surface area contributed by atoms with E-state index in [0.29, 0.717) is 6.61 Å². The molecule has 18 heavy (non-hydrogen) atoms. The Hall–Kier alpha value is -2.03. The monoisotopic (exact) mass is 242 g/mol. The number of rotatable bonds is 6. The molecule has 3 nitrogen and oxygen atoms in total. The van der Waals surface area contributed by atoms with E-state index in [9.17, 15) is 0 Å². The van der Waals surface area contributed by atoms with Gasteiger partial charge in [0.2, 0.25) is 0 Å². The first-order valence-corrected chi connectivity index (χ1v) is 6.24. The highest BCUT2D eigenvalue weighted by Gasteiger charge is 1.96. The Morgan fingerprint density at radius 3 is 2.94 bits per heavy atom. The van der Waals surface area contributed by atoms with Gasteiger partial charge in [-0.1, -0.05) is 12.1 Å². The lowest BCUT2D eigenvalue weighted by Gasteiger charge is -2.08. The van der Waals surface area contributed by atoms with Crippen molar-refractivity contribution in [1.29, 1.82) is 0 Å². The Bertz CT molecular complexity index is 471. The zero-order valence-electron chi connectivity index (χ0n) is 10.6. The predicted molar refractivity (Wildman–Crippen MR) is 74.0 cm³/mol. The molecule has 0 fully saturated rings. The van der Waals surface area contributed by atoms with Crippen molar-refractivity contribution in [2.24, 2.45) is 0 Å². The van der Waals surface area contributed by atoms with Gasteiger partial charge in [-0.25, -0.2) is 0 Å². The van der Waals surface area contributed by atoms with Gasteiger partial charge in [0.1, 0.15) is 5.75 Å². The molecule has 0 amide bonds. The maximum absolute atomic E-state index is 5.46. The van der Waals surface area contributed by atoms with E-state index in [0.717, 1.165) is 24.4 Å². The number of pyridine rings is 1. The summed E-state index contributed by atoms with van der Waals surface area (Å²) in [5, 5.41) is 3.38. The fourth-order valence-corrected chi connectivity index (χ4v) is 1.76. The molecule has 0 aliphatic carbocycles. The summed E-state index contributed by atoms with van der Waals surface area (Å²) in [6, 6.07) is 12.1. The van der Waals surface area contributed by atoms with Crippen LogP contribution >= 0.6 is 0 Å². The molecular weight excluding hydrogens is 224 g/mol. The van der Waals surface area contributed by atoms with Gasteiger partial charge in [0.15, 0.2) is 0 Å². The molecule has 0 aliphatic heterocycles. The summed E-state index contributed by atoms with van der Waals surface area (Å²) >= 11 is 0. The number of nitrogens with one attached hydrogen (secondary N) is 1. The Morgan fingerprint density at radius 2 is 2.17 bits per heavy atom. The van der Waals surface area contributed by atoms with Crippen LogP contribution in [0.2, 0.25) is 0 Å². The maximum atomic E-state index is 5.46. The van der Waals surface area contributed by atoms with Gasteiger partial charge in [0.05, 0.1) is 6.61 Å². The first-order valence-electron chi connectivity index (χ1n) is 6.24. The van der Waals surface area contributed by atoms with Crippen molar-refractivity contribution in [2.75, 3.05) is 18.5 Å². The topological polar surface area (TPSA) is 34.1 Å². The number of hydrogen-bond donors (Lipinski definition) is 1. The van der Waals surface area contributed by atoms with Crippen LogP contribution in [-0.4, -0.2) is 18.1 Å². The van der Waals surface area contributed by atoms with Crippen molar-refractivity contribution in [3.63, 3.8) is 0 Å². The normalized spacial score (nSPS) is 10.1. The van der Waals surface area contributed by atoms with Crippen LogP contribution in [0, 0.1) is 0 Å². The average molecular weight is 242 g/mol. The van der Waals surface area contributed by atoms with E-state index in [2.05, 4.69) is 16.4 Å².